The average molecular weight is 493 g/mol. The van der Waals surface area contributed by atoms with Crippen LogP contribution in [0.4, 0.5) is 4.39 Å². The molecule has 0 saturated carbocycles. The zero-order chi connectivity index (χ0) is 22.9. The molecule has 0 atom stereocenters. The number of rotatable bonds is 5. The maximum absolute atomic E-state index is 14.4. The smallest absolute Gasteiger partial charge is 0.266 e. The lowest BCUT2D eigenvalue weighted by molar-refractivity contribution is -0.122. The Morgan fingerprint density at radius 1 is 0.970 bits per heavy atom. The lowest BCUT2D eigenvalue weighted by Crippen LogP contribution is -2.27. The van der Waals surface area contributed by atoms with Crippen LogP contribution in [-0.4, -0.2) is 19.7 Å². The number of thiocarbonyl (C=S) groups is 1. The van der Waals surface area contributed by atoms with Gasteiger partial charge in [-0.3, -0.25) is 9.69 Å². The molecule has 0 N–H and O–H groups in total. The molecule has 3 nitrogen and oxygen atoms in total. The number of hydrogen-bond acceptors (Lipinski definition) is 3. The summed E-state index contributed by atoms with van der Waals surface area (Å²) in [6, 6.07) is 22.3. The van der Waals surface area contributed by atoms with Gasteiger partial charge < -0.3 is 4.57 Å². The van der Waals surface area contributed by atoms with Crippen LogP contribution in [-0.2, 0) is 17.9 Å². The fourth-order valence-corrected chi connectivity index (χ4v) is 5.39. The number of hydrogen-bond donors (Lipinski definition) is 0. The van der Waals surface area contributed by atoms with E-state index in [1.807, 2.05) is 71.4 Å². The molecule has 1 aliphatic heterocycles. The number of para-hydroxylation sites is 1. The first kappa shape index (κ1) is 21.9. The zero-order valence-electron chi connectivity index (χ0n) is 17.4. The monoisotopic (exact) mass is 492 g/mol. The Balaban J connectivity index is 1.49. The molecule has 3 aromatic carbocycles. The van der Waals surface area contributed by atoms with Crippen molar-refractivity contribution in [3.63, 3.8) is 0 Å². The molecule has 5 rings (SSSR count). The van der Waals surface area contributed by atoms with Crippen LogP contribution < -0.4 is 0 Å². The van der Waals surface area contributed by atoms with Gasteiger partial charge in [0.05, 0.1) is 18.0 Å². The van der Waals surface area contributed by atoms with E-state index in [0.29, 0.717) is 26.4 Å². The van der Waals surface area contributed by atoms with Gasteiger partial charge in [0.2, 0.25) is 0 Å². The molecule has 0 radical (unpaired) electrons. The van der Waals surface area contributed by atoms with E-state index in [0.717, 1.165) is 22.0 Å². The summed E-state index contributed by atoms with van der Waals surface area (Å²) >= 11 is 13.1. The first-order valence-electron chi connectivity index (χ1n) is 10.3. The van der Waals surface area contributed by atoms with Gasteiger partial charge in [-0.05, 0) is 29.8 Å². The van der Waals surface area contributed by atoms with Crippen molar-refractivity contribution in [2.75, 3.05) is 0 Å². The average Bonchev–Trinajstić information content (AvgIpc) is 3.29. The number of aromatic nitrogens is 1. The second-order valence-electron chi connectivity index (χ2n) is 7.68. The third-order valence-corrected chi connectivity index (χ3v) is 7.29. The Morgan fingerprint density at radius 3 is 2.52 bits per heavy atom. The lowest BCUT2D eigenvalue weighted by Gasteiger charge is -2.14. The molecule has 1 amide bonds. The molecule has 0 aliphatic carbocycles. The van der Waals surface area contributed by atoms with Crippen molar-refractivity contribution in [2.45, 2.75) is 13.1 Å². The summed E-state index contributed by atoms with van der Waals surface area (Å²) in [4.78, 5) is 15.3. The van der Waals surface area contributed by atoms with Crippen LogP contribution in [0.2, 0.25) is 5.02 Å². The minimum atomic E-state index is -0.344. The summed E-state index contributed by atoms with van der Waals surface area (Å²) in [5.74, 6) is -0.452. The molecule has 4 aromatic rings. The normalized spacial score (nSPS) is 15.2. The Labute approximate surface area is 205 Å². The van der Waals surface area contributed by atoms with Gasteiger partial charge in [-0.25, -0.2) is 4.39 Å². The zero-order valence-corrected chi connectivity index (χ0v) is 19.8. The Bertz CT molecular complexity index is 1390. The number of fused-ring (bicyclic) bond motifs is 1. The van der Waals surface area contributed by atoms with E-state index in [4.69, 9.17) is 23.8 Å². The summed E-state index contributed by atoms with van der Waals surface area (Å²) in [6.07, 6.45) is 3.79. The van der Waals surface area contributed by atoms with Crippen LogP contribution in [0.1, 0.15) is 16.7 Å². The molecule has 0 bridgehead atoms. The van der Waals surface area contributed by atoms with E-state index in [1.165, 1.54) is 17.8 Å². The van der Waals surface area contributed by atoms with Crippen molar-refractivity contribution in [3.05, 3.63) is 111 Å². The molecule has 33 heavy (non-hydrogen) atoms. The van der Waals surface area contributed by atoms with E-state index in [-0.39, 0.29) is 18.3 Å². The number of benzene rings is 3. The SMILES string of the molecule is O=C1/C(=C/c2cn(Cc3c(F)cccc3Cl)c3ccccc23)SC(=S)N1Cc1ccccc1. The van der Waals surface area contributed by atoms with Gasteiger partial charge in [0, 0.05) is 33.2 Å². The van der Waals surface area contributed by atoms with Crippen LogP contribution in [0, 0.1) is 5.82 Å². The fourth-order valence-electron chi connectivity index (χ4n) is 3.92. The van der Waals surface area contributed by atoms with Crippen molar-refractivity contribution < 1.29 is 9.18 Å². The van der Waals surface area contributed by atoms with Gasteiger partial charge >= 0.3 is 0 Å². The minimum Gasteiger partial charge on any atom is -0.342 e. The number of carbonyl (C=O) groups excluding carboxylic acids is 1. The summed E-state index contributed by atoms with van der Waals surface area (Å²) < 4.78 is 16.9. The van der Waals surface area contributed by atoms with Crippen molar-refractivity contribution in [1.29, 1.82) is 0 Å². The van der Waals surface area contributed by atoms with Gasteiger partial charge in [0.1, 0.15) is 10.1 Å². The molecule has 1 aromatic heterocycles. The van der Waals surface area contributed by atoms with Crippen molar-refractivity contribution >= 4 is 62.8 Å². The van der Waals surface area contributed by atoms with Crippen molar-refractivity contribution in [1.82, 2.24) is 9.47 Å². The Kier molecular flexibility index (Phi) is 6.06. The molecular weight excluding hydrogens is 475 g/mol. The topological polar surface area (TPSA) is 25.2 Å². The van der Waals surface area contributed by atoms with Crippen LogP contribution in [0.15, 0.2) is 83.9 Å². The molecule has 1 aliphatic rings. The molecule has 7 heteroatoms. The van der Waals surface area contributed by atoms with Crippen LogP contribution >= 0.6 is 35.6 Å². The largest absolute Gasteiger partial charge is 0.342 e. The highest BCUT2D eigenvalue weighted by atomic mass is 35.5. The third kappa shape index (κ3) is 4.34. The maximum atomic E-state index is 14.4. The molecule has 0 unspecified atom stereocenters. The predicted octanol–water partition coefficient (Wildman–Crippen LogP) is 6.88. The summed E-state index contributed by atoms with van der Waals surface area (Å²) in [5.41, 5.74) is 3.26. The maximum Gasteiger partial charge on any atom is 0.266 e. The quantitative estimate of drug-likeness (QED) is 0.224. The molecular formula is C26H18ClFN2OS2. The number of thioether (sulfide) groups is 1. The standard InChI is InChI=1S/C26H18ClFN2OS2/c27-21-10-6-11-22(28)20(21)16-29-15-18(19-9-4-5-12-23(19)29)13-24-25(31)30(26(32)33-24)14-17-7-2-1-3-8-17/h1-13,15H,14,16H2/b24-13-. The van der Waals surface area contributed by atoms with Gasteiger partial charge in [0.25, 0.3) is 5.91 Å². The third-order valence-electron chi connectivity index (χ3n) is 5.55. The Morgan fingerprint density at radius 2 is 1.73 bits per heavy atom. The number of carbonyl (C=O) groups is 1. The lowest BCUT2D eigenvalue weighted by atomic mass is 10.1. The van der Waals surface area contributed by atoms with Gasteiger partial charge in [-0.1, -0.05) is 90.2 Å². The summed E-state index contributed by atoms with van der Waals surface area (Å²) in [5, 5.41) is 1.36. The highest BCUT2D eigenvalue weighted by molar-refractivity contribution is 8.26. The van der Waals surface area contributed by atoms with Gasteiger partial charge in [0.15, 0.2) is 0 Å². The van der Waals surface area contributed by atoms with E-state index in [9.17, 15) is 9.18 Å². The minimum absolute atomic E-state index is 0.108. The summed E-state index contributed by atoms with van der Waals surface area (Å²) in [7, 11) is 0. The highest BCUT2D eigenvalue weighted by Crippen LogP contribution is 2.35. The van der Waals surface area contributed by atoms with Crippen molar-refractivity contribution in [3.8, 4) is 0 Å². The first-order chi connectivity index (χ1) is 16.0. The number of amides is 1. The highest BCUT2D eigenvalue weighted by Gasteiger charge is 2.32. The van der Waals surface area contributed by atoms with E-state index in [2.05, 4.69) is 0 Å². The predicted molar refractivity (Wildman–Crippen MR) is 138 cm³/mol. The number of nitrogens with zero attached hydrogens (tertiary/aromatic N) is 2. The van der Waals surface area contributed by atoms with Crippen molar-refractivity contribution in [2.24, 2.45) is 0 Å². The second-order valence-corrected chi connectivity index (χ2v) is 9.77. The van der Waals surface area contributed by atoms with Crippen LogP contribution in [0.25, 0.3) is 17.0 Å². The van der Waals surface area contributed by atoms with E-state index in [1.54, 1.807) is 17.0 Å². The molecule has 1 saturated heterocycles. The van der Waals surface area contributed by atoms with E-state index < -0.39 is 0 Å². The second kappa shape index (κ2) is 9.14. The summed E-state index contributed by atoms with van der Waals surface area (Å²) in [6.45, 7) is 0.727. The number of halogens is 2. The molecule has 164 valence electrons. The molecule has 2 heterocycles. The van der Waals surface area contributed by atoms with Crippen LogP contribution in [0.5, 0.6) is 0 Å². The molecule has 1 fully saturated rings. The fraction of sp³-hybridized carbons (Fsp3) is 0.0769. The van der Waals surface area contributed by atoms with Gasteiger partial charge in [-0.15, -0.1) is 0 Å². The van der Waals surface area contributed by atoms with Crippen LogP contribution in [0.3, 0.4) is 0 Å². The van der Waals surface area contributed by atoms with Gasteiger partial charge in [-0.2, -0.15) is 0 Å². The Hall–Kier alpha value is -2.93. The van der Waals surface area contributed by atoms with E-state index >= 15 is 0 Å². The molecule has 0 spiro atoms. The first-order valence-corrected chi connectivity index (χ1v) is 11.9.